The first-order chi connectivity index (χ1) is 28.3. The number of benzene rings is 9. The molecule has 0 fully saturated rings. The molecule has 57 heavy (non-hydrogen) atoms. The van der Waals surface area contributed by atoms with Gasteiger partial charge in [0.05, 0.1) is 16.7 Å². The summed E-state index contributed by atoms with van der Waals surface area (Å²) in [6.07, 6.45) is 0. The quantitative estimate of drug-likeness (QED) is 0.160. The van der Waals surface area contributed by atoms with E-state index in [1.165, 1.54) is 27.1 Å². The van der Waals surface area contributed by atoms with Gasteiger partial charge in [0.1, 0.15) is 0 Å². The van der Waals surface area contributed by atoms with Crippen LogP contribution in [0.3, 0.4) is 0 Å². The van der Waals surface area contributed by atoms with Crippen LogP contribution in [0.2, 0.25) is 0 Å². The van der Waals surface area contributed by atoms with Crippen molar-refractivity contribution in [3.63, 3.8) is 0 Å². The maximum Gasteiger partial charge on any atom is 0.164 e. The van der Waals surface area contributed by atoms with Crippen LogP contribution in [0.25, 0.3) is 105 Å². The van der Waals surface area contributed by atoms with Crippen LogP contribution in [-0.4, -0.2) is 19.5 Å². The molecule has 0 amide bonds. The van der Waals surface area contributed by atoms with Gasteiger partial charge in [-0.15, -0.1) is 0 Å². The van der Waals surface area contributed by atoms with Crippen LogP contribution < -0.4 is 0 Å². The van der Waals surface area contributed by atoms with Crippen molar-refractivity contribution in [1.82, 2.24) is 19.5 Å². The number of hydrogen-bond donors (Lipinski definition) is 0. The van der Waals surface area contributed by atoms with Gasteiger partial charge in [0.2, 0.25) is 0 Å². The number of aromatic nitrogens is 4. The van der Waals surface area contributed by atoms with E-state index in [9.17, 15) is 0 Å². The number of para-hydroxylation sites is 2. The molecule has 9 aromatic carbocycles. The highest BCUT2D eigenvalue weighted by Crippen LogP contribution is 2.39. The zero-order chi connectivity index (χ0) is 37.7. The lowest BCUT2D eigenvalue weighted by Gasteiger charge is -2.17. The number of rotatable bonds is 6. The molecule has 11 aromatic rings. The Kier molecular flexibility index (Phi) is 7.78. The summed E-state index contributed by atoms with van der Waals surface area (Å²) in [6, 6.07) is 72.8. The number of hydrogen-bond acceptors (Lipinski definition) is 3. The molecule has 2 heterocycles. The first-order valence-electron chi connectivity index (χ1n) is 19.3. The van der Waals surface area contributed by atoms with E-state index >= 15 is 0 Å². The van der Waals surface area contributed by atoms with E-state index in [-0.39, 0.29) is 0 Å². The predicted octanol–water partition coefficient (Wildman–Crippen LogP) is 13.6. The third kappa shape index (κ3) is 5.66. The van der Waals surface area contributed by atoms with Crippen LogP contribution in [-0.2, 0) is 0 Å². The van der Waals surface area contributed by atoms with Crippen LogP contribution >= 0.6 is 0 Å². The fourth-order valence-electron chi connectivity index (χ4n) is 8.34. The second-order valence-electron chi connectivity index (χ2n) is 14.4. The fraction of sp³-hybridized carbons (Fsp3) is 0. The van der Waals surface area contributed by atoms with Gasteiger partial charge in [0.15, 0.2) is 17.5 Å². The van der Waals surface area contributed by atoms with Gasteiger partial charge in [-0.1, -0.05) is 182 Å². The van der Waals surface area contributed by atoms with E-state index in [1.807, 2.05) is 6.07 Å². The molecule has 0 unspecified atom stereocenters. The Hall–Kier alpha value is -7.69. The van der Waals surface area contributed by atoms with Crippen molar-refractivity contribution in [3.8, 4) is 62.1 Å². The first-order valence-corrected chi connectivity index (χ1v) is 19.3. The zero-order valence-electron chi connectivity index (χ0n) is 30.9. The standard InChI is InChI=1S/C53H34N4/c1-3-15-35(16-4-1)36-27-29-38(30-28-36)51-54-52(56-53(55-51)47-33-39-19-7-8-20-41(39)43-21-9-10-22-44(43)47)40-31-32-42(37-17-5-2-6-18-37)50(34-40)57-48-25-13-11-23-45(48)46-24-12-14-26-49(46)57/h1-34H. The SMILES string of the molecule is c1ccc(-c2ccc(-c3nc(-c4ccc(-c5ccccc5)c(-n5c6ccccc6c6ccccc65)c4)nc(-c4cc5ccccc5c5ccccc45)n3)cc2)cc1. The summed E-state index contributed by atoms with van der Waals surface area (Å²) in [5.74, 6) is 1.87. The van der Waals surface area contributed by atoms with E-state index in [0.717, 1.165) is 60.9 Å². The van der Waals surface area contributed by atoms with Gasteiger partial charge >= 0.3 is 0 Å². The van der Waals surface area contributed by atoms with Crippen molar-refractivity contribution >= 4 is 43.4 Å². The second-order valence-corrected chi connectivity index (χ2v) is 14.4. The molecule has 266 valence electrons. The molecular weight excluding hydrogens is 693 g/mol. The molecule has 0 atom stereocenters. The van der Waals surface area contributed by atoms with Gasteiger partial charge in [0, 0.05) is 33.0 Å². The molecule has 0 aliphatic carbocycles. The molecule has 0 saturated heterocycles. The molecular formula is C53H34N4. The minimum Gasteiger partial charge on any atom is -0.309 e. The van der Waals surface area contributed by atoms with Crippen LogP contribution in [0, 0.1) is 0 Å². The fourth-order valence-corrected chi connectivity index (χ4v) is 8.34. The summed E-state index contributed by atoms with van der Waals surface area (Å²) in [5, 5.41) is 7.04. The summed E-state index contributed by atoms with van der Waals surface area (Å²) in [5.41, 5.74) is 10.7. The van der Waals surface area contributed by atoms with Gasteiger partial charge in [-0.3, -0.25) is 0 Å². The Labute approximate surface area is 330 Å². The summed E-state index contributed by atoms with van der Waals surface area (Å²) < 4.78 is 2.39. The maximum absolute atomic E-state index is 5.34. The van der Waals surface area contributed by atoms with E-state index < -0.39 is 0 Å². The molecule has 11 rings (SSSR count). The van der Waals surface area contributed by atoms with Crippen molar-refractivity contribution in [1.29, 1.82) is 0 Å². The Morgan fingerprint density at radius 1 is 0.281 bits per heavy atom. The van der Waals surface area contributed by atoms with Crippen molar-refractivity contribution in [2.24, 2.45) is 0 Å². The van der Waals surface area contributed by atoms with Gasteiger partial charge in [0.25, 0.3) is 0 Å². The van der Waals surface area contributed by atoms with E-state index in [2.05, 4.69) is 205 Å². The van der Waals surface area contributed by atoms with Crippen molar-refractivity contribution < 1.29 is 0 Å². The molecule has 0 radical (unpaired) electrons. The minimum atomic E-state index is 0.612. The zero-order valence-corrected chi connectivity index (χ0v) is 30.9. The normalized spacial score (nSPS) is 11.5. The third-order valence-electron chi connectivity index (χ3n) is 11.1. The van der Waals surface area contributed by atoms with E-state index in [4.69, 9.17) is 15.0 Å². The molecule has 2 aromatic heterocycles. The molecule has 0 aliphatic rings. The topological polar surface area (TPSA) is 43.6 Å². The Bertz CT molecular complexity index is 3220. The minimum absolute atomic E-state index is 0.612. The van der Waals surface area contributed by atoms with Crippen molar-refractivity contribution in [2.45, 2.75) is 0 Å². The van der Waals surface area contributed by atoms with Crippen LogP contribution in [0.15, 0.2) is 206 Å². The summed E-state index contributed by atoms with van der Waals surface area (Å²) in [6.45, 7) is 0. The van der Waals surface area contributed by atoms with E-state index in [1.54, 1.807) is 0 Å². The summed E-state index contributed by atoms with van der Waals surface area (Å²) in [4.78, 5) is 15.9. The average molecular weight is 727 g/mol. The molecule has 0 aliphatic heterocycles. The molecule has 0 saturated carbocycles. The van der Waals surface area contributed by atoms with Crippen molar-refractivity contribution in [3.05, 3.63) is 206 Å². The monoisotopic (exact) mass is 726 g/mol. The molecule has 0 spiro atoms. The van der Waals surface area contributed by atoms with Gasteiger partial charge in [-0.2, -0.15) is 0 Å². The highest BCUT2D eigenvalue weighted by atomic mass is 15.0. The summed E-state index contributed by atoms with van der Waals surface area (Å²) >= 11 is 0. The van der Waals surface area contributed by atoms with Crippen LogP contribution in [0.4, 0.5) is 0 Å². The molecule has 4 heteroatoms. The lowest BCUT2D eigenvalue weighted by Crippen LogP contribution is -2.02. The Balaban J connectivity index is 1.17. The lowest BCUT2D eigenvalue weighted by atomic mass is 9.96. The van der Waals surface area contributed by atoms with Crippen LogP contribution in [0.5, 0.6) is 0 Å². The van der Waals surface area contributed by atoms with Gasteiger partial charge in [-0.25, -0.2) is 15.0 Å². The van der Waals surface area contributed by atoms with Gasteiger partial charge < -0.3 is 4.57 Å². The highest BCUT2D eigenvalue weighted by molar-refractivity contribution is 6.13. The maximum atomic E-state index is 5.34. The lowest BCUT2D eigenvalue weighted by molar-refractivity contribution is 1.07. The summed E-state index contributed by atoms with van der Waals surface area (Å²) in [7, 11) is 0. The molecule has 0 N–H and O–H groups in total. The smallest absolute Gasteiger partial charge is 0.164 e. The number of fused-ring (bicyclic) bond motifs is 6. The molecule has 4 nitrogen and oxygen atoms in total. The highest BCUT2D eigenvalue weighted by Gasteiger charge is 2.20. The van der Waals surface area contributed by atoms with Gasteiger partial charge in [-0.05, 0) is 62.5 Å². The van der Waals surface area contributed by atoms with Crippen LogP contribution in [0.1, 0.15) is 0 Å². The average Bonchev–Trinajstić information content (AvgIpc) is 3.63. The predicted molar refractivity (Wildman–Crippen MR) is 236 cm³/mol. The second kappa shape index (κ2) is 13.6. The van der Waals surface area contributed by atoms with Crippen molar-refractivity contribution in [2.75, 3.05) is 0 Å². The Morgan fingerprint density at radius 3 is 1.44 bits per heavy atom. The first kappa shape index (κ1) is 32.7. The third-order valence-corrected chi connectivity index (χ3v) is 11.1. The van der Waals surface area contributed by atoms with E-state index in [0.29, 0.717) is 17.5 Å². The Morgan fingerprint density at radius 2 is 0.754 bits per heavy atom. The number of nitrogens with zero attached hydrogens (tertiary/aromatic N) is 4. The molecule has 0 bridgehead atoms. The largest absolute Gasteiger partial charge is 0.309 e.